The van der Waals surface area contributed by atoms with E-state index >= 15 is 0 Å². The highest BCUT2D eigenvalue weighted by atomic mass is 35.5. The van der Waals surface area contributed by atoms with Gasteiger partial charge in [0.2, 0.25) is 5.91 Å². The largest absolute Gasteiger partial charge is 0.480 e. The molecule has 2 atom stereocenters. The van der Waals surface area contributed by atoms with Gasteiger partial charge in [-0.15, -0.1) is 12.4 Å². The fourth-order valence-electron chi connectivity index (χ4n) is 1.19. The summed E-state index contributed by atoms with van der Waals surface area (Å²) in [6.07, 6.45) is 0.721. The molecular weight excluding hydrogens is 232 g/mol. The number of hydrogen-bond donors (Lipinski definition) is 2. The standard InChI is InChI=1S/C10H20N2O3.ClH/c1-5-7(2)9(10(14)15)11-8(13)6-12(3)4;/h7,9H,5-6H2,1-4H3,(H,11,13)(H,14,15);1H/t7-,9-;/m0./s1. The van der Waals surface area contributed by atoms with E-state index in [0.29, 0.717) is 0 Å². The second kappa shape index (κ2) is 8.35. The van der Waals surface area contributed by atoms with E-state index in [2.05, 4.69) is 5.32 Å². The number of nitrogens with one attached hydrogen (secondary N) is 1. The van der Waals surface area contributed by atoms with Crippen molar-refractivity contribution in [2.45, 2.75) is 26.3 Å². The van der Waals surface area contributed by atoms with Gasteiger partial charge in [0, 0.05) is 0 Å². The Labute approximate surface area is 103 Å². The monoisotopic (exact) mass is 252 g/mol. The third kappa shape index (κ3) is 6.63. The van der Waals surface area contributed by atoms with Crippen LogP contribution in [0, 0.1) is 5.92 Å². The van der Waals surface area contributed by atoms with Crippen molar-refractivity contribution >= 4 is 24.3 Å². The molecule has 0 aromatic rings. The fraction of sp³-hybridized carbons (Fsp3) is 0.800. The Kier molecular flexibility index (Phi) is 9.18. The van der Waals surface area contributed by atoms with Gasteiger partial charge in [-0.1, -0.05) is 20.3 Å². The lowest BCUT2D eigenvalue weighted by atomic mass is 9.99. The van der Waals surface area contributed by atoms with Crippen molar-refractivity contribution in [2.75, 3.05) is 20.6 Å². The Balaban J connectivity index is 0. The molecule has 16 heavy (non-hydrogen) atoms. The van der Waals surface area contributed by atoms with Crippen LogP contribution in [0.25, 0.3) is 0 Å². The topological polar surface area (TPSA) is 69.6 Å². The number of halogens is 1. The van der Waals surface area contributed by atoms with E-state index in [1.807, 2.05) is 13.8 Å². The molecule has 0 saturated carbocycles. The minimum Gasteiger partial charge on any atom is -0.480 e. The van der Waals surface area contributed by atoms with Gasteiger partial charge in [-0.25, -0.2) is 4.79 Å². The van der Waals surface area contributed by atoms with Gasteiger partial charge in [0.25, 0.3) is 0 Å². The molecule has 2 N–H and O–H groups in total. The molecule has 0 spiro atoms. The molecule has 0 aromatic heterocycles. The number of likely N-dealkylation sites (N-methyl/N-ethyl adjacent to an activating group) is 1. The fourth-order valence-corrected chi connectivity index (χ4v) is 1.19. The number of hydrogen-bond acceptors (Lipinski definition) is 3. The van der Waals surface area contributed by atoms with Crippen LogP contribution >= 0.6 is 12.4 Å². The molecule has 0 aliphatic rings. The number of amides is 1. The zero-order valence-electron chi connectivity index (χ0n) is 10.2. The third-order valence-corrected chi connectivity index (χ3v) is 2.26. The van der Waals surface area contributed by atoms with E-state index in [-0.39, 0.29) is 30.8 Å². The van der Waals surface area contributed by atoms with Gasteiger partial charge in [0.15, 0.2) is 0 Å². The molecule has 0 fully saturated rings. The molecular formula is C10H21ClN2O3. The van der Waals surface area contributed by atoms with E-state index in [9.17, 15) is 9.59 Å². The summed E-state index contributed by atoms with van der Waals surface area (Å²) in [7, 11) is 3.53. The van der Waals surface area contributed by atoms with Crippen LogP contribution in [0.4, 0.5) is 0 Å². The van der Waals surface area contributed by atoms with E-state index in [0.717, 1.165) is 6.42 Å². The second-order valence-corrected chi connectivity index (χ2v) is 4.01. The maximum absolute atomic E-state index is 11.4. The van der Waals surface area contributed by atoms with Crippen molar-refractivity contribution < 1.29 is 14.7 Å². The summed E-state index contributed by atoms with van der Waals surface area (Å²) in [5, 5.41) is 11.4. The van der Waals surface area contributed by atoms with Crippen LogP contribution in [0.5, 0.6) is 0 Å². The predicted molar refractivity (Wildman–Crippen MR) is 64.8 cm³/mol. The smallest absolute Gasteiger partial charge is 0.326 e. The molecule has 0 aromatic carbocycles. The number of carbonyl (C=O) groups excluding carboxylic acids is 1. The number of carbonyl (C=O) groups is 2. The molecule has 5 nitrogen and oxygen atoms in total. The lowest BCUT2D eigenvalue weighted by molar-refractivity contribution is -0.143. The molecule has 96 valence electrons. The Morgan fingerprint density at radius 3 is 2.19 bits per heavy atom. The van der Waals surface area contributed by atoms with Gasteiger partial charge in [0.1, 0.15) is 6.04 Å². The van der Waals surface area contributed by atoms with Crippen LogP contribution in [0.1, 0.15) is 20.3 Å². The molecule has 0 saturated heterocycles. The maximum atomic E-state index is 11.4. The summed E-state index contributed by atoms with van der Waals surface area (Å²) in [6.45, 7) is 3.92. The molecule has 0 bridgehead atoms. The minimum atomic E-state index is -0.976. The van der Waals surface area contributed by atoms with Crippen LogP contribution in [0.3, 0.4) is 0 Å². The first-order valence-electron chi connectivity index (χ1n) is 5.05. The Hall–Kier alpha value is -0.810. The highest BCUT2D eigenvalue weighted by Gasteiger charge is 2.25. The lowest BCUT2D eigenvalue weighted by Gasteiger charge is -2.21. The molecule has 0 rings (SSSR count). The molecule has 0 aliphatic carbocycles. The van der Waals surface area contributed by atoms with Crippen molar-refractivity contribution in [3.63, 3.8) is 0 Å². The maximum Gasteiger partial charge on any atom is 0.326 e. The SMILES string of the molecule is CC[C@H](C)[C@H](NC(=O)CN(C)C)C(=O)O.Cl. The normalized spacial score (nSPS) is 13.8. The van der Waals surface area contributed by atoms with Crippen molar-refractivity contribution in [3.8, 4) is 0 Å². The van der Waals surface area contributed by atoms with Crippen LogP contribution in [-0.2, 0) is 9.59 Å². The van der Waals surface area contributed by atoms with Gasteiger partial charge in [0.05, 0.1) is 6.54 Å². The van der Waals surface area contributed by atoms with E-state index in [1.165, 1.54) is 0 Å². The number of aliphatic carboxylic acids is 1. The van der Waals surface area contributed by atoms with Gasteiger partial charge >= 0.3 is 5.97 Å². The van der Waals surface area contributed by atoms with Gasteiger partial charge < -0.3 is 15.3 Å². The number of carboxylic acids is 1. The molecule has 6 heteroatoms. The molecule has 0 radical (unpaired) electrons. The summed E-state index contributed by atoms with van der Waals surface area (Å²) < 4.78 is 0. The van der Waals surface area contributed by atoms with Gasteiger partial charge in [-0.2, -0.15) is 0 Å². The van der Waals surface area contributed by atoms with Gasteiger partial charge in [-0.3, -0.25) is 4.79 Å². The van der Waals surface area contributed by atoms with Crippen molar-refractivity contribution in [3.05, 3.63) is 0 Å². The van der Waals surface area contributed by atoms with E-state index < -0.39 is 12.0 Å². The van der Waals surface area contributed by atoms with Crippen LogP contribution in [-0.4, -0.2) is 48.6 Å². The average molecular weight is 253 g/mol. The summed E-state index contributed by atoms with van der Waals surface area (Å²) >= 11 is 0. The molecule has 0 heterocycles. The first-order chi connectivity index (χ1) is 6.88. The first-order valence-corrected chi connectivity index (χ1v) is 5.05. The van der Waals surface area contributed by atoms with E-state index in [4.69, 9.17) is 5.11 Å². The van der Waals surface area contributed by atoms with Crippen molar-refractivity contribution in [1.82, 2.24) is 10.2 Å². The Bertz CT molecular complexity index is 234. The molecule has 0 aliphatic heterocycles. The zero-order valence-corrected chi connectivity index (χ0v) is 11.0. The van der Waals surface area contributed by atoms with Crippen LogP contribution < -0.4 is 5.32 Å². The number of carboxylic acid groups (broad SMARTS) is 1. The highest BCUT2D eigenvalue weighted by molar-refractivity contribution is 5.85. The number of nitrogens with zero attached hydrogens (tertiary/aromatic N) is 1. The van der Waals surface area contributed by atoms with Gasteiger partial charge in [-0.05, 0) is 20.0 Å². The van der Waals surface area contributed by atoms with Crippen LogP contribution in [0.15, 0.2) is 0 Å². The number of rotatable bonds is 6. The Morgan fingerprint density at radius 1 is 1.38 bits per heavy atom. The quantitative estimate of drug-likeness (QED) is 0.726. The first kappa shape index (κ1) is 17.6. The van der Waals surface area contributed by atoms with Crippen molar-refractivity contribution in [2.24, 2.45) is 5.92 Å². The lowest BCUT2D eigenvalue weighted by Crippen LogP contribution is -2.47. The van der Waals surface area contributed by atoms with Crippen molar-refractivity contribution in [1.29, 1.82) is 0 Å². The predicted octanol–water partition coefficient (Wildman–Crippen LogP) is 0.585. The Morgan fingerprint density at radius 2 is 1.88 bits per heavy atom. The summed E-state index contributed by atoms with van der Waals surface area (Å²) in [5.41, 5.74) is 0. The third-order valence-electron chi connectivity index (χ3n) is 2.26. The van der Waals surface area contributed by atoms with E-state index in [1.54, 1.807) is 19.0 Å². The summed E-state index contributed by atoms with van der Waals surface area (Å²) in [5.74, 6) is -1.29. The molecule has 1 amide bonds. The zero-order chi connectivity index (χ0) is 12.0. The average Bonchev–Trinajstić information content (AvgIpc) is 2.11. The summed E-state index contributed by atoms with van der Waals surface area (Å²) in [6, 6.07) is -0.789. The highest BCUT2D eigenvalue weighted by Crippen LogP contribution is 2.07. The van der Waals surface area contributed by atoms with Crippen LogP contribution in [0.2, 0.25) is 0 Å². The summed E-state index contributed by atoms with van der Waals surface area (Å²) in [4.78, 5) is 24.0. The minimum absolute atomic E-state index is 0. The molecule has 0 unspecified atom stereocenters. The second-order valence-electron chi connectivity index (χ2n) is 4.01.